The predicted octanol–water partition coefficient (Wildman–Crippen LogP) is 3.08. The van der Waals surface area contributed by atoms with Crippen LogP contribution in [0.3, 0.4) is 0 Å². The third-order valence-corrected chi connectivity index (χ3v) is 5.61. The van der Waals surface area contributed by atoms with Crippen molar-refractivity contribution < 1.29 is 14.0 Å². The second-order valence-corrected chi connectivity index (χ2v) is 7.92. The summed E-state index contributed by atoms with van der Waals surface area (Å²) in [5.41, 5.74) is 7.75. The van der Waals surface area contributed by atoms with Gasteiger partial charge in [0.1, 0.15) is 5.82 Å². The molecule has 30 heavy (non-hydrogen) atoms. The molecule has 3 rings (SSSR count). The van der Waals surface area contributed by atoms with E-state index in [9.17, 15) is 14.0 Å². The monoisotopic (exact) mass is 411 g/mol. The normalized spacial score (nSPS) is 17.7. The smallest absolute Gasteiger partial charge is 0.227 e. The van der Waals surface area contributed by atoms with Gasteiger partial charge in [-0.1, -0.05) is 49.4 Å². The summed E-state index contributed by atoms with van der Waals surface area (Å²) < 4.78 is 14.0. The van der Waals surface area contributed by atoms with Gasteiger partial charge in [-0.2, -0.15) is 0 Å². The van der Waals surface area contributed by atoms with Crippen LogP contribution in [0.4, 0.5) is 4.39 Å². The van der Waals surface area contributed by atoms with Crippen molar-refractivity contribution in [2.75, 3.05) is 32.7 Å². The van der Waals surface area contributed by atoms with E-state index >= 15 is 0 Å². The molecule has 1 aliphatic rings. The minimum absolute atomic E-state index is 0.164. The summed E-state index contributed by atoms with van der Waals surface area (Å²) >= 11 is 0. The average molecular weight is 412 g/mol. The zero-order valence-electron chi connectivity index (χ0n) is 17.5. The Kier molecular flexibility index (Phi) is 7.57. The molecule has 2 aromatic carbocycles. The number of carbonyl (C=O) groups is 2. The first-order valence-electron chi connectivity index (χ1n) is 10.6. The van der Waals surface area contributed by atoms with Crippen molar-refractivity contribution in [1.82, 2.24) is 9.80 Å². The van der Waals surface area contributed by atoms with Crippen molar-refractivity contribution in [2.24, 2.45) is 11.7 Å². The van der Waals surface area contributed by atoms with Crippen LogP contribution in [0.15, 0.2) is 48.5 Å². The quantitative estimate of drug-likeness (QED) is 0.726. The third-order valence-electron chi connectivity index (χ3n) is 5.61. The van der Waals surface area contributed by atoms with Gasteiger partial charge in [-0.15, -0.1) is 0 Å². The first kappa shape index (κ1) is 22.0. The molecule has 1 fully saturated rings. The van der Waals surface area contributed by atoms with Gasteiger partial charge in [0, 0.05) is 44.7 Å². The molecule has 160 valence electrons. The number of nitrogens with zero attached hydrogens (tertiary/aromatic N) is 2. The molecule has 2 aromatic rings. The van der Waals surface area contributed by atoms with Crippen molar-refractivity contribution >= 4 is 11.8 Å². The Morgan fingerprint density at radius 2 is 1.83 bits per heavy atom. The van der Waals surface area contributed by atoms with Crippen molar-refractivity contribution in [2.45, 2.75) is 26.2 Å². The van der Waals surface area contributed by atoms with Gasteiger partial charge in [-0.25, -0.2) is 4.39 Å². The molecule has 0 unspecified atom stereocenters. The molecule has 0 spiro atoms. The van der Waals surface area contributed by atoms with Gasteiger partial charge in [0.15, 0.2) is 0 Å². The first-order chi connectivity index (χ1) is 14.5. The van der Waals surface area contributed by atoms with E-state index in [0.29, 0.717) is 38.0 Å². The topological polar surface area (TPSA) is 66.6 Å². The average Bonchev–Trinajstić information content (AvgIpc) is 2.88. The lowest BCUT2D eigenvalue weighted by Crippen LogP contribution is -2.37. The SMILES string of the molecule is CCCN1CCN(CCC(N)=O)C[C@H](Cc2ccc(-c3ccccc3F)cc2)C1=O. The van der Waals surface area contributed by atoms with E-state index in [1.54, 1.807) is 12.1 Å². The molecule has 0 aliphatic carbocycles. The largest absolute Gasteiger partial charge is 0.370 e. The van der Waals surface area contributed by atoms with Gasteiger partial charge >= 0.3 is 0 Å². The molecule has 0 saturated carbocycles. The van der Waals surface area contributed by atoms with E-state index < -0.39 is 0 Å². The lowest BCUT2D eigenvalue weighted by atomic mass is 9.95. The fraction of sp³-hybridized carbons (Fsp3) is 0.417. The molecule has 2 N–H and O–H groups in total. The number of primary amides is 1. The summed E-state index contributed by atoms with van der Waals surface area (Å²) in [6.07, 6.45) is 1.83. The lowest BCUT2D eigenvalue weighted by molar-refractivity contribution is -0.134. The summed E-state index contributed by atoms with van der Waals surface area (Å²) in [5.74, 6) is -0.580. The minimum atomic E-state index is -0.323. The second-order valence-electron chi connectivity index (χ2n) is 7.92. The van der Waals surface area contributed by atoms with Crippen molar-refractivity contribution in [1.29, 1.82) is 0 Å². The molecule has 6 heteroatoms. The van der Waals surface area contributed by atoms with Gasteiger partial charge in [-0.05, 0) is 30.0 Å². The highest BCUT2D eigenvalue weighted by Gasteiger charge is 2.30. The molecule has 0 aromatic heterocycles. The molecule has 1 saturated heterocycles. The fourth-order valence-corrected chi connectivity index (χ4v) is 4.03. The number of nitrogens with two attached hydrogens (primary N) is 1. The maximum absolute atomic E-state index is 14.0. The molecule has 5 nitrogen and oxygen atoms in total. The van der Waals surface area contributed by atoms with Crippen LogP contribution in [0.1, 0.15) is 25.3 Å². The number of amides is 2. The number of hydrogen-bond donors (Lipinski definition) is 1. The molecule has 1 aliphatic heterocycles. The Labute approximate surface area is 177 Å². The van der Waals surface area contributed by atoms with Crippen LogP contribution < -0.4 is 5.73 Å². The number of rotatable bonds is 8. The van der Waals surface area contributed by atoms with Crippen LogP contribution in [-0.2, 0) is 16.0 Å². The first-order valence-corrected chi connectivity index (χ1v) is 10.6. The van der Waals surface area contributed by atoms with Crippen LogP contribution in [0.2, 0.25) is 0 Å². The summed E-state index contributed by atoms with van der Waals surface area (Å²) in [7, 11) is 0. The number of carbonyl (C=O) groups excluding carboxylic acids is 2. The minimum Gasteiger partial charge on any atom is -0.370 e. The lowest BCUT2D eigenvalue weighted by Gasteiger charge is -2.24. The maximum atomic E-state index is 14.0. The molecular formula is C24H30FN3O2. The fourth-order valence-electron chi connectivity index (χ4n) is 4.03. The van der Waals surface area contributed by atoms with Gasteiger partial charge in [0.25, 0.3) is 0 Å². The summed E-state index contributed by atoms with van der Waals surface area (Å²) in [5, 5.41) is 0. The van der Waals surface area contributed by atoms with Crippen LogP contribution in [-0.4, -0.2) is 54.3 Å². The van der Waals surface area contributed by atoms with Crippen molar-refractivity contribution in [3.63, 3.8) is 0 Å². The van der Waals surface area contributed by atoms with E-state index in [-0.39, 0.29) is 23.5 Å². The van der Waals surface area contributed by atoms with Crippen molar-refractivity contribution in [3.05, 3.63) is 59.9 Å². The van der Waals surface area contributed by atoms with E-state index in [1.807, 2.05) is 35.2 Å². The Morgan fingerprint density at radius 1 is 1.10 bits per heavy atom. The molecule has 0 radical (unpaired) electrons. The molecule has 1 heterocycles. The van der Waals surface area contributed by atoms with E-state index in [1.165, 1.54) is 6.07 Å². The number of halogens is 1. The highest BCUT2D eigenvalue weighted by Crippen LogP contribution is 2.24. The molecular weight excluding hydrogens is 381 g/mol. The second kappa shape index (κ2) is 10.3. The van der Waals surface area contributed by atoms with Crippen LogP contribution in [0.25, 0.3) is 11.1 Å². The number of hydrogen-bond acceptors (Lipinski definition) is 3. The van der Waals surface area contributed by atoms with Crippen molar-refractivity contribution in [3.8, 4) is 11.1 Å². The summed E-state index contributed by atoms with van der Waals surface area (Å²) in [4.78, 5) is 28.4. The summed E-state index contributed by atoms with van der Waals surface area (Å²) in [6.45, 7) is 5.42. The van der Waals surface area contributed by atoms with Gasteiger partial charge in [0.05, 0.1) is 5.92 Å². The number of benzene rings is 2. The van der Waals surface area contributed by atoms with Gasteiger partial charge < -0.3 is 15.5 Å². The zero-order chi connectivity index (χ0) is 21.5. The highest BCUT2D eigenvalue weighted by atomic mass is 19.1. The van der Waals surface area contributed by atoms with E-state index in [4.69, 9.17) is 5.73 Å². The molecule has 0 bridgehead atoms. The third kappa shape index (κ3) is 5.66. The predicted molar refractivity (Wildman–Crippen MR) is 116 cm³/mol. The van der Waals surface area contributed by atoms with Crippen LogP contribution in [0, 0.1) is 11.7 Å². The Morgan fingerprint density at radius 3 is 2.50 bits per heavy atom. The van der Waals surface area contributed by atoms with E-state index in [2.05, 4.69) is 11.8 Å². The zero-order valence-corrected chi connectivity index (χ0v) is 17.5. The Hall–Kier alpha value is -2.73. The molecule has 2 amide bonds. The standard InChI is InChI=1S/C24H30FN3O2/c1-2-12-28-15-14-27(13-11-23(26)29)17-20(24(28)30)16-18-7-9-19(10-8-18)21-5-3-4-6-22(21)25/h3-10,20H,2,11-17H2,1H3,(H2,26,29)/t20-/m0/s1. The Balaban J connectivity index is 1.74. The maximum Gasteiger partial charge on any atom is 0.227 e. The molecule has 1 atom stereocenters. The van der Waals surface area contributed by atoms with Crippen LogP contribution in [0.5, 0.6) is 0 Å². The van der Waals surface area contributed by atoms with E-state index in [0.717, 1.165) is 30.6 Å². The van der Waals surface area contributed by atoms with Gasteiger partial charge in [0.2, 0.25) is 11.8 Å². The Bertz CT molecular complexity index is 869. The highest BCUT2D eigenvalue weighted by molar-refractivity contribution is 5.80. The van der Waals surface area contributed by atoms with Gasteiger partial charge in [-0.3, -0.25) is 9.59 Å². The summed E-state index contributed by atoms with van der Waals surface area (Å²) in [6, 6.07) is 14.5. The van der Waals surface area contributed by atoms with Crippen LogP contribution >= 0.6 is 0 Å².